The van der Waals surface area contributed by atoms with Gasteiger partial charge in [-0.25, -0.2) is 22.4 Å². The van der Waals surface area contributed by atoms with Crippen LogP contribution in [-0.2, 0) is 4.74 Å². The molecular weight excluding hydrogens is 490 g/mol. The Balaban J connectivity index is 1.61. The Morgan fingerprint density at radius 1 is 1.08 bits per heavy atom. The topological polar surface area (TPSA) is 57.5 Å². The van der Waals surface area contributed by atoms with Gasteiger partial charge in [0.05, 0.1) is 17.5 Å². The number of carbonyl (C=O) groups excluding carboxylic acids is 1. The Hall–Kier alpha value is -3.36. The molecule has 37 heavy (non-hydrogen) atoms. The Morgan fingerprint density at radius 3 is 2.41 bits per heavy atom. The van der Waals surface area contributed by atoms with Crippen molar-refractivity contribution in [2.45, 2.75) is 53.1 Å². The predicted molar refractivity (Wildman–Crippen MR) is 129 cm³/mol. The summed E-state index contributed by atoms with van der Waals surface area (Å²) in [5.74, 6) is -6.32. The van der Waals surface area contributed by atoms with Gasteiger partial charge in [0, 0.05) is 23.4 Å². The number of carbonyl (C=O) groups is 1. The average Bonchev–Trinajstić information content (AvgIpc) is 3.18. The average molecular weight is 518 g/mol. The van der Waals surface area contributed by atoms with E-state index >= 15 is 4.39 Å². The van der Waals surface area contributed by atoms with Crippen LogP contribution in [0.5, 0.6) is 5.75 Å². The molecule has 9 heteroatoms. The largest absolute Gasteiger partial charge is 0.487 e. The maximum absolute atomic E-state index is 15.3. The monoisotopic (exact) mass is 517 g/mol. The van der Waals surface area contributed by atoms with Crippen molar-refractivity contribution in [1.82, 2.24) is 4.57 Å². The lowest BCUT2D eigenvalue weighted by Crippen LogP contribution is -2.39. The minimum atomic E-state index is -1.79. The van der Waals surface area contributed by atoms with E-state index in [1.165, 1.54) is 19.1 Å². The number of halogens is 4. The molecule has 3 atom stereocenters. The third-order valence-corrected chi connectivity index (χ3v) is 8.80. The van der Waals surface area contributed by atoms with Crippen LogP contribution in [0.25, 0.3) is 16.6 Å². The van der Waals surface area contributed by atoms with Gasteiger partial charge in [-0.05, 0) is 55.7 Å². The molecular formula is C28H27F4NO4. The van der Waals surface area contributed by atoms with E-state index in [1.54, 1.807) is 0 Å². The van der Waals surface area contributed by atoms with E-state index in [0.29, 0.717) is 12.0 Å². The van der Waals surface area contributed by atoms with Crippen molar-refractivity contribution in [3.05, 3.63) is 69.5 Å². The summed E-state index contributed by atoms with van der Waals surface area (Å²) in [6.07, 6.45) is 3.66. The maximum atomic E-state index is 15.3. The second kappa shape index (κ2) is 8.60. The first-order valence-corrected chi connectivity index (χ1v) is 12.3. The first-order valence-electron chi connectivity index (χ1n) is 12.3. The van der Waals surface area contributed by atoms with Crippen molar-refractivity contribution in [3.63, 3.8) is 0 Å². The number of hydrogen-bond donors (Lipinski definition) is 0. The molecule has 0 N–H and O–H groups in total. The fourth-order valence-electron chi connectivity index (χ4n) is 6.15. The van der Waals surface area contributed by atoms with E-state index in [2.05, 4.69) is 20.8 Å². The molecule has 2 aromatic carbocycles. The lowest BCUT2D eigenvalue weighted by Gasteiger charge is -2.38. The van der Waals surface area contributed by atoms with Gasteiger partial charge in [-0.1, -0.05) is 20.8 Å². The summed E-state index contributed by atoms with van der Waals surface area (Å²) >= 11 is 0. The number of nitrogens with zero attached hydrogens (tertiary/aromatic N) is 1. The van der Waals surface area contributed by atoms with Gasteiger partial charge in [0.15, 0.2) is 29.0 Å². The van der Waals surface area contributed by atoms with Crippen LogP contribution in [0.1, 0.15) is 57.3 Å². The highest BCUT2D eigenvalue weighted by Crippen LogP contribution is 2.66. The van der Waals surface area contributed by atoms with Crippen molar-refractivity contribution in [2.24, 2.45) is 16.7 Å². The number of benzene rings is 2. The number of aromatic nitrogens is 1. The van der Waals surface area contributed by atoms with Gasteiger partial charge in [0.1, 0.15) is 11.7 Å². The molecule has 2 saturated carbocycles. The van der Waals surface area contributed by atoms with Crippen molar-refractivity contribution in [3.8, 4) is 11.4 Å². The zero-order valence-electron chi connectivity index (χ0n) is 21.0. The smallest absolute Gasteiger partial charge is 0.343 e. The van der Waals surface area contributed by atoms with E-state index in [9.17, 15) is 22.8 Å². The van der Waals surface area contributed by atoms with Crippen LogP contribution >= 0.6 is 0 Å². The normalized spacial score (nSPS) is 24.0. The van der Waals surface area contributed by atoms with E-state index in [4.69, 9.17) is 9.47 Å². The van der Waals surface area contributed by atoms with Crippen LogP contribution in [0.2, 0.25) is 0 Å². The third-order valence-electron chi connectivity index (χ3n) is 8.80. The van der Waals surface area contributed by atoms with Crippen molar-refractivity contribution in [2.75, 3.05) is 6.61 Å². The van der Waals surface area contributed by atoms with Crippen molar-refractivity contribution >= 4 is 16.9 Å². The number of esters is 1. The van der Waals surface area contributed by atoms with E-state index in [0.717, 1.165) is 36.1 Å². The quantitative estimate of drug-likeness (QED) is 0.226. The van der Waals surface area contributed by atoms with Crippen LogP contribution in [0, 0.1) is 40.0 Å². The molecule has 0 saturated heterocycles. The molecule has 3 aromatic rings. The molecule has 0 unspecified atom stereocenters. The minimum Gasteiger partial charge on any atom is -0.487 e. The van der Waals surface area contributed by atoms with Gasteiger partial charge >= 0.3 is 5.97 Å². The highest BCUT2D eigenvalue weighted by molar-refractivity contribution is 5.94. The summed E-state index contributed by atoms with van der Waals surface area (Å²) < 4.78 is 70.4. The second-order valence-electron chi connectivity index (χ2n) is 10.7. The van der Waals surface area contributed by atoms with Gasteiger partial charge in [-0.15, -0.1) is 0 Å². The molecule has 2 aliphatic carbocycles. The van der Waals surface area contributed by atoms with Crippen LogP contribution < -0.4 is 10.2 Å². The van der Waals surface area contributed by atoms with Crippen LogP contribution in [0.4, 0.5) is 17.6 Å². The fraction of sp³-hybridized carbons (Fsp3) is 0.429. The maximum Gasteiger partial charge on any atom is 0.343 e. The summed E-state index contributed by atoms with van der Waals surface area (Å²) in [5, 5.41) is -0.583. The van der Waals surface area contributed by atoms with Crippen molar-refractivity contribution in [1.29, 1.82) is 0 Å². The summed E-state index contributed by atoms with van der Waals surface area (Å²) in [4.78, 5) is 25.2. The summed E-state index contributed by atoms with van der Waals surface area (Å²) in [7, 11) is 0. The van der Waals surface area contributed by atoms with Crippen LogP contribution in [-0.4, -0.2) is 23.2 Å². The highest BCUT2D eigenvalue weighted by Gasteiger charge is 2.62. The second-order valence-corrected chi connectivity index (χ2v) is 10.7. The number of hydrogen-bond acceptors (Lipinski definition) is 4. The molecule has 1 aromatic heterocycles. The fourth-order valence-corrected chi connectivity index (χ4v) is 6.15. The summed E-state index contributed by atoms with van der Waals surface area (Å²) in [6.45, 7) is 8.06. The van der Waals surface area contributed by atoms with Gasteiger partial charge < -0.3 is 14.0 Å². The van der Waals surface area contributed by atoms with Gasteiger partial charge in [0.25, 0.3) is 0 Å². The predicted octanol–water partition coefficient (Wildman–Crippen LogP) is 6.32. The Bertz CT molecular complexity index is 1500. The molecule has 2 bridgehead atoms. The Labute approximate surface area is 211 Å². The van der Waals surface area contributed by atoms with Crippen molar-refractivity contribution < 1.29 is 31.8 Å². The van der Waals surface area contributed by atoms with E-state index in [1.807, 2.05) is 0 Å². The molecule has 0 amide bonds. The number of rotatable bonds is 5. The molecule has 196 valence electrons. The Morgan fingerprint density at radius 2 is 1.81 bits per heavy atom. The molecule has 5 nitrogen and oxygen atoms in total. The van der Waals surface area contributed by atoms with Gasteiger partial charge in [0.2, 0.25) is 5.43 Å². The van der Waals surface area contributed by atoms with Gasteiger partial charge in [-0.2, -0.15) is 0 Å². The minimum absolute atomic E-state index is 0.00647. The first kappa shape index (κ1) is 25.3. The zero-order chi connectivity index (χ0) is 26.9. The molecule has 1 heterocycles. The summed E-state index contributed by atoms with van der Waals surface area (Å²) in [6, 6.07) is 4.33. The Kier molecular flexibility index (Phi) is 5.88. The summed E-state index contributed by atoms with van der Waals surface area (Å²) in [5.41, 5.74) is -2.27. The number of ether oxygens (including phenoxy) is 2. The standard InChI is InChI=1S/C28H27F4NO4/c1-5-36-26(35)17-13-33(24-16(25(17)34)12-19(30)22(31)23(24)32)15-6-7-20(18(29)11-15)37-21-10-14-8-9-28(21,4)27(14,2)3/h6-7,11-14,21H,5,8-10H2,1-4H3/t14-,21+,28+/m1/s1. The third kappa shape index (κ3) is 3.65. The zero-order valence-corrected chi connectivity index (χ0v) is 21.0. The van der Waals surface area contributed by atoms with Gasteiger partial charge in [-0.3, -0.25) is 4.79 Å². The first-order chi connectivity index (χ1) is 17.4. The molecule has 0 aliphatic heterocycles. The molecule has 0 radical (unpaired) electrons. The molecule has 5 rings (SSSR count). The van der Waals surface area contributed by atoms with E-state index < -0.39 is 51.1 Å². The molecule has 0 spiro atoms. The molecule has 2 aliphatic rings. The number of fused-ring (bicyclic) bond motifs is 3. The molecule has 2 fully saturated rings. The lowest BCUT2D eigenvalue weighted by atomic mass is 9.70. The lowest BCUT2D eigenvalue weighted by molar-refractivity contribution is 0.0278. The van der Waals surface area contributed by atoms with Crippen LogP contribution in [0.15, 0.2) is 35.3 Å². The SMILES string of the molecule is CCOC(=O)c1cn(-c2ccc(O[C@H]3C[C@H]4CC[C@]3(C)C4(C)C)c(F)c2)c2c(F)c(F)c(F)cc2c1=O. The van der Waals surface area contributed by atoms with Crippen LogP contribution in [0.3, 0.4) is 0 Å². The highest BCUT2D eigenvalue weighted by atomic mass is 19.2. The van der Waals surface area contributed by atoms with E-state index in [-0.39, 0.29) is 35.0 Å². The number of pyridine rings is 1.